The van der Waals surface area contributed by atoms with Crippen LogP contribution in [0.1, 0.15) is 110 Å². The molecule has 2 aromatic rings. The maximum Gasteiger partial charge on any atom is 0.267 e. The molecule has 0 N–H and O–H groups in total. The van der Waals surface area contributed by atoms with E-state index in [4.69, 9.17) is 14.2 Å². The summed E-state index contributed by atoms with van der Waals surface area (Å²) in [6.45, 7) is 7.17. The van der Waals surface area contributed by atoms with Crippen LogP contribution in [0.15, 0.2) is 42.6 Å². The number of methoxy groups -OCH3 is 1. The molecule has 0 atom stereocenters. The third kappa shape index (κ3) is 14.7. The number of ether oxygens (including phenoxy) is 3. The van der Waals surface area contributed by atoms with E-state index in [1.807, 2.05) is 24.4 Å². The molecular formula is C34H53IN2O5. The van der Waals surface area contributed by atoms with Crippen molar-refractivity contribution < 1.29 is 52.3 Å². The Morgan fingerprint density at radius 1 is 0.786 bits per heavy atom. The maximum absolute atomic E-state index is 12.9. The molecule has 1 heterocycles. The van der Waals surface area contributed by atoms with Crippen LogP contribution in [-0.4, -0.2) is 37.0 Å². The second-order valence-electron chi connectivity index (χ2n) is 10.7. The van der Waals surface area contributed by atoms with Gasteiger partial charge >= 0.3 is 0 Å². The lowest BCUT2D eigenvalue weighted by Gasteiger charge is -2.19. The van der Waals surface area contributed by atoms with E-state index in [2.05, 4.69) is 18.4 Å². The minimum Gasteiger partial charge on any atom is -1.00 e. The molecule has 42 heavy (non-hydrogen) atoms. The summed E-state index contributed by atoms with van der Waals surface area (Å²) in [5.74, 6) is 0.990. The summed E-state index contributed by atoms with van der Waals surface area (Å²) in [6, 6.07) is 11.1. The molecule has 1 aromatic heterocycles. The summed E-state index contributed by atoms with van der Waals surface area (Å²) in [4.78, 5) is 26.4. The van der Waals surface area contributed by atoms with Crippen molar-refractivity contribution in [2.75, 3.05) is 20.3 Å². The number of pyridine rings is 1. The Morgan fingerprint density at radius 3 is 2.02 bits per heavy atom. The number of carbonyl (C=O) groups excluding carboxylic acids is 2. The highest BCUT2D eigenvalue weighted by Crippen LogP contribution is 2.31. The number of halogens is 1. The molecule has 0 unspecified atom stereocenters. The normalized spacial score (nSPS) is 10.6. The van der Waals surface area contributed by atoms with E-state index in [1.165, 1.54) is 76.0 Å². The SMILES string of the molecule is CCCCCCCCCCCCCCOc1ccc(OCC(=O)N(Cc2cccc[n+]2CCC)C(C)=O)cc1OC.[I-]. The molecule has 1 aromatic carbocycles. The summed E-state index contributed by atoms with van der Waals surface area (Å²) in [5, 5.41) is 0. The van der Waals surface area contributed by atoms with Gasteiger partial charge in [-0.05, 0) is 18.6 Å². The number of rotatable bonds is 22. The van der Waals surface area contributed by atoms with Gasteiger partial charge in [0.05, 0.1) is 13.7 Å². The lowest BCUT2D eigenvalue weighted by atomic mass is 10.1. The highest BCUT2D eigenvalue weighted by atomic mass is 127. The molecule has 0 saturated heterocycles. The van der Waals surface area contributed by atoms with Crippen LogP contribution >= 0.6 is 0 Å². The topological polar surface area (TPSA) is 69.0 Å². The maximum atomic E-state index is 12.9. The Hall–Kier alpha value is -2.36. The summed E-state index contributed by atoms with van der Waals surface area (Å²) in [6.07, 6.45) is 18.6. The number of carbonyl (C=O) groups is 2. The summed E-state index contributed by atoms with van der Waals surface area (Å²) < 4.78 is 19.3. The monoisotopic (exact) mass is 696 g/mol. The first-order valence-electron chi connectivity index (χ1n) is 15.7. The zero-order valence-corrected chi connectivity index (χ0v) is 28.5. The van der Waals surface area contributed by atoms with Crippen molar-refractivity contribution in [2.45, 2.75) is 117 Å². The smallest absolute Gasteiger partial charge is 0.267 e. The van der Waals surface area contributed by atoms with E-state index in [-0.39, 0.29) is 43.0 Å². The molecule has 0 bridgehead atoms. The first-order valence-corrected chi connectivity index (χ1v) is 15.7. The largest absolute Gasteiger partial charge is 1.00 e. The van der Waals surface area contributed by atoms with Crippen LogP contribution in [-0.2, 0) is 22.7 Å². The van der Waals surface area contributed by atoms with Gasteiger partial charge in [-0.3, -0.25) is 14.5 Å². The lowest BCUT2D eigenvalue weighted by Crippen LogP contribution is -3.00. The predicted molar refractivity (Wildman–Crippen MR) is 163 cm³/mol. The Kier molecular flexibility index (Phi) is 20.8. The highest BCUT2D eigenvalue weighted by molar-refractivity contribution is 5.94. The first-order chi connectivity index (χ1) is 20.0. The number of benzene rings is 1. The number of unbranched alkanes of at least 4 members (excludes halogenated alkanes) is 11. The Bertz CT molecular complexity index is 1030. The molecule has 0 spiro atoms. The molecule has 0 fully saturated rings. The molecule has 0 aliphatic carbocycles. The Balaban J connectivity index is 0.00000882. The fourth-order valence-corrected chi connectivity index (χ4v) is 4.86. The van der Waals surface area contributed by atoms with Crippen LogP contribution in [0.4, 0.5) is 0 Å². The summed E-state index contributed by atoms with van der Waals surface area (Å²) >= 11 is 0. The third-order valence-electron chi connectivity index (χ3n) is 7.25. The minimum absolute atomic E-state index is 0. The molecule has 7 nitrogen and oxygen atoms in total. The number of aromatic nitrogens is 1. The van der Waals surface area contributed by atoms with Crippen molar-refractivity contribution in [3.8, 4) is 17.2 Å². The molecule has 0 saturated carbocycles. The van der Waals surface area contributed by atoms with Crippen molar-refractivity contribution in [3.05, 3.63) is 48.3 Å². The van der Waals surface area contributed by atoms with E-state index in [0.29, 0.717) is 23.9 Å². The standard InChI is InChI=1S/C34H53N2O5.HI/c1-5-7-8-9-10-11-12-13-14-15-16-19-25-40-32-22-21-31(26-33(32)39-4)41-28-34(38)36(29(3)37)27-30-20-17-18-24-35(30)23-6-2;/h17-18,20-22,24,26H,5-16,19,23,25,27-28H2,1-4H3;1H/q+1;/p-1. The molecule has 0 aliphatic rings. The minimum atomic E-state index is -0.393. The van der Waals surface area contributed by atoms with Crippen molar-refractivity contribution in [1.29, 1.82) is 0 Å². The van der Waals surface area contributed by atoms with Gasteiger partial charge in [0.2, 0.25) is 11.6 Å². The average Bonchev–Trinajstić information content (AvgIpc) is 2.98. The predicted octanol–water partition coefficient (Wildman–Crippen LogP) is 4.43. The van der Waals surface area contributed by atoms with Gasteiger partial charge < -0.3 is 38.2 Å². The average molecular weight is 697 g/mol. The van der Waals surface area contributed by atoms with Crippen LogP contribution < -0.4 is 42.8 Å². The Labute approximate surface area is 271 Å². The van der Waals surface area contributed by atoms with Crippen LogP contribution in [0.2, 0.25) is 0 Å². The molecule has 0 radical (unpaired) electrons. The number of nitrogens with zero attached hydrogens (tertiary/aromatic N) is 2. The van der Waals surface area contributed by atoms with Gasteiger partial charge in [0.15, 0.2) is 24.3 Å². The quantitative estimate of drug-likeness (QED) is 0.104. The molecular weight excluding hydrogens is 643 g/mol. The Morgan fingerprint density at radius 2 is 1.43 bits per heavy atom. The van der Waals surface area contributed by atoms with Crippen molar-refractivity contribution in [1.82, 2.24) is 4.90 Å². The van der Waals surface area contributed by atoms with E-state index in [1.54, 1.807) is 25.3 Å². The molecule has 2 rings (SSSR count). The number of hydrogen-bond acceptors (Lipinski definition) is 5. The van der Waals surface area contributed by atoms with E-state index >= 15 is 0 Å². The zero-order chi connectivity index (χ0) is 29.7. The van der Waals surface area contributed by atoms with Gasteiger partial charge in [-0.2, -0.15) is 0 Å². The lowest BCUT2D eigenvalue weighted by molar-refractivity contribution is -0.704. The fraction of sp³-hybridized carbons (Fsp3) is 0.618. The van der Waals surface area contributed by atoms with Gasteiger partial charge in [0.1, 0.15) is 18.8 Å². The highest BCUT2D eigenvalue weighted by Gasteiger charge is 2.23. The zero-order valence-electron chi connectivity index (χ0n) is 26.4. The fourth-order valence-electron chi connectivity index (χ4n) is 4.86. The van der Waals surface area contributed by atoms with Crippen LogP contribution in [0.25, 0.3) is 0 Å². The van der Waals surface area contributed by atoms with Gasteiger partial charge in [-0.15, -0.1) is 0 Å². The number of aryl methyl sites for hydroxylation is 1. The second kappa shape index (κ2) is 23.1. The van der Waals surface area contributed by atoms with Gasteiger partial charge in [0, 0.05) is 31.5 Å². The first kappa shape index (κ1) is 37.7. The second-order valence-corrected chi connectivity index (χ2v) is 10.7. The van der Waals surface area contributed by atoms with E-state index in [0.717, 1.165) is 31.5 Å². The number of imide groups is 1. The number of hydrogen-bond donors (Lipinski definition) is 0. The molecule has 2 amide bonds. The molecule has 8 heteroatoms. The van der Waals surface area contributed by atoms with Crippen molar-refractivity contribution in [3.63, 3.8) is 0 Å². The van der Waals surface area contributed by atoms with Crippen molar-refractivity contribution in [2.24, 2.45) is 0 Å². The van der Waals surface area contributed by atoms with E-state index < -0.39 is 5.91 Å². The van der Waals surface area contributed by atoms with Crippen molar-refractivity contribution >= 4 is 11.8 Å². The molecule has 0 aliphatic heterocycles. The van der Waals surface area contributed by atoms with Crippen LogP contribution in [0, 0.1) is 0 Å². The summed E-state index contributed by atoms with van der Waals surface area (Å²) in [7, 11) is 1.59. The van der Waals surface area contributed by atoms with E-state index in [9.17, 15) is 9.59 Å². The van der Waals surface area contributed by atoms with Crippen LogP contribution in [0.5, 0.6) is 17.2 Å². The van der Waals surface area contributed by atoms with Gasteiger partial charge in [-0.25, -0.2) is 4.57 Å². The van der Waals surface area contributed by atoms with Crippen LogP contribution in [0.3, 0.4) is 0 Å². The molecule has 236 valence electrons. The summed E-state index contributed by atoms with van der Waals surface area (Å²) in [5.41, 5.74) is 0.897. The third-order valence-corrected chi connectivity index (χ3v) is 7.25. The van der Waals surface area contributed by atoms with Gasteiger partial charge in [-0.1, -0.05) is 90.5 Å². The number of amides is 2. The van der Waals surface area contributed by atoms with Gasteiger partial charge in [0.25, 0.3) is 5.91 Å².